The van der Waals surface area contributed by atoms with E-state index in [1.54, 1.807) is 13.8 Å². The summed E-state index contributed by atoms with van der Waals surface area (Å²) in [4.78, 5) is 8.28. The average Bonchev–Trinajstić information content (AvgIpc) is 2.18. The molecule has 0 amide bonds. The third-order valence-electron chi connectivity index (χ3n) is 2.26. The van der Waals surface area contributed by atoms with Gasteiger partial charge >= 0.3 is 0 Å². The summed E-state index contributed by atoms with van der Waals surface area (Å²) in [5.74, 6) is -0.233. The van der Waals surface area contributed by atoms with Gasteiger partial charge in [0.05, 0.1) is 16.4 Å². The normalized spacial score (nSPS) is 10.9. The maximum atomic E-state index is 9.65. The van der Waals surface area contributed by atoms with Gasteiger partial charge in [-0.15, -0.1) is 0 Å². The predicted molar refractivity (Wildman–Crippen MR) is 57.4 cm³/mol. The van der Waals surface area contributed by atoms with E-state index in [4.69, 9.17) is 11.6 Å². The molecular formula is C10H9ClN2O2. The second kappa shape index (κ2) is 3.24. The van der Waals surface area contributed by atoms with E-state index in [-0.39, 0.29) is 27.6 Å². The van der Waals surface area contributed by atoms with Crippen molar-refractivity contribution in [2.24, 2.45) is 0 Å². The number of aryl methyl sites for hydroxylation is 2. The summed E-state index contributed by atoms with van der Waals surface area (Å²) in [5.41, 5.74) is 1.89. The number of benzene rings is 1. The first-order chi connectivity index (χ1) is 7.00. The lowest BCUT2D eigenvalue weighted by Gasteiger charge is -2.06. The lowest BCUT2D eigenvalue weighted by molar-refractivity contribution is 0.467. The van der Waals surface area contributed by atoms with Crippen LogP contribution in [0.25, 0.3) is 11.0 Å². The Morgan fingerprint density at radius 3 is 2.20 bits per heavy atom. The zero-order chi connectivity index (χ0) is 11.2. The number of rotatable bonds is 0. The van der Waals surface area contributed by atoms with Crippen molar-refractivity contribution in [1.29, 1.82) is 0 Å². The van der Waals surface area contributed by atoms with Crippen LogP contribution in [0.2, 0.25) is 5.02 Å². The van der Waals surface area contributed by atoms with E-state index in [0.717, 1.165) is 0 Å². The van der Waals surface area contributed by atoms with Gasteiger partial charge in [0.1, 0.15) is 16.8 Å². The predicted octanol–water partition coefficient (Wildman–Crippen LogP) is 2.31. The largest absolute Gasteiger partial charge is 0.506 e. The monoisotopic (exact) mass is 224 g/mol. The van der Waals surface area contributed by atoms with Crippen LogP contribution in [0.1, 0.15) is 11.4 Å². The van der Waals surface area contributed by atoms with E-state index in [1.165, 1.54) is 6.07 Å². The van der Waals surface area contributed by atoms with Crippen molar-refractivity contribution < 1.29 is 10.2 Å². The molecule has 2 aromatic rings. The minimum atomic E-state index is -0.153. The van der Waals surface area contributed by atoms with E-state index < -0.39 is 0 Å². The van der Waals surface area contributed by atoms with Crippen molar-refractivity contribution in [3.63, 3.8) is 0 Å². The third kappa shape index (κ3) is 1.47. The van der Waals surface area contributed by atoms with E-state index in [0.29, 0.717) is 11.4 Å². The van der Waals surface area contributed by atoms with Crippen molar-refractivity contribution in [2.75, 3.05) is 0 Å². The first kappa shape index (κ1) is 9.98. The summed E-state index contributed by atoms with van der Waals surface area (Å²) < 4.78 is 0. The summed E-state index contributed by atoms with van der Waals surface area (Å²) in [5, 5.41) is 19.3. The van der Waals surface area contributed by atoms with Crippen LogP contribution in [0, 0.1) is 13.8 Å². The zero-order valence-electron chi connectivity index (χ0n) is 8.24. The highest BCUT2D eigenvalue weighted by Crippen LogP contribution is 2.36. The molecule has 0 aliphatic heterocycles. The molecule has 0 atom stereocenters. The van der Waals surface area contributed by atoms with Gasteiger partial charge < -0.3 is 10.2 Å². The first-order valence-corrected chi connectivity index (χ1v) is 4.74. The molecule has 0 saturated heterocycles. The van der Waals surface area contributed by atoms with Gasteiger partial charge in [-0.1, -0.05) is 11.6 Å². The highest BCUT2D eigenvalue weighted by molar-refractivity contribution is 6.33. The zero-order valence-corrected chi connectivity index (χ0v) is 9.00. The van der Waals surface area contributed by atoms with Crippen molar-refractivity contribution >= 4 is 22.6 Å². The molecule has 1 aromatic heterocycles. The molecule has 1 aromatic carbocycles. The number of aromatic nitrogens is 2. The van der Waals surface area contributed by atoms with E-state index in [2.05, 4.69) is 9.97 Å². The summed E-state index contributed by atoms with van der Waals surface area (Å²) in [6.45, 7) is 3.56. The first-order valence-electron chi connectivity index (χ1n) is 4.36. The highest BCUT2D eigenvalue weighted by atomic mass is 35.5. The minimum Gasteiger partial charge on any atom is -0.506 e. The Labute approximate surface area is 91.2 Å². The van der Waals surface area contributed by atoms with Crippen LogP contribution in [0.5, 0.6) is 11.5 Å². The van der Waals surface area contributed by atoms with Gasteiger partial charge in [0.2, 0.25) is 0 Å². The minimum absolute atomic E-state index is 0.0672. The quantitative estimate of drug-likeness (QED) is 0.674. The number of halogens is 1. The van der Waals surface area contributed by atoms with Crippen LogP contribution in [0.4, 0.5) is 0 Å². The molecule has 0 radical (unpaired) electrons. The van der Waals surface area contributed by atoms with Gasteiger partial charge in [-0.2, -0.15) is 0 Å². The molecule has 1 heterocycles. The molecule has 15 heavy (non-hydrogen) atoms. The fourth-order valence-electron chi connectivity index (χ4n) is 1.32. The Morgan fingerprint density at radius 1 is 1.07 bits per heavy atom. The second-order valence-electron chi connectivity index (χ2n) is 3.32. The van der Waals surface area contributed by atoms with Gasteiger partial charge in [-0.25, -0.2) is 9.97 Å². The van der Waals surface area contributed by atoms with Crippen LogP contribution >= 0.6 is 11.6 Å². The summed E-state index contributed by atoms with van der Waals surface area (Å²) in [7, 11) is 0. The van der Waals surface area contributed by atoms with E-state index >= 15 is 0 Å². The van der Waals surface area contributed by atoms with Gasteiger partial charge in [0, 0.05) is 6.07 Å². The molecule has 5 heteroatoms. The molecule has 0 spiro atoms. The summed E-state index contributed by atoms with van der Waals surface area (Å²) in [6.07, 6.45) is 0. The molecule has 0 bridgehead atoms. The maximum Gasteiger partial charge on any atom is 0.162 e. The Kier molecular flexibility index (Phi) is 2.16. The molecule has 78 valence electrons. The Morgan fingerprint density at radius 2 is 1.60 bits per heavy atom. The van der Waals surface area contributed by atoms with Gasteiger partial charge in [-0.3, -0.25) is 0 Å². The van der Waals surface area contributed by atoms with Crippen molar-refractivity contribution in [3.05, 3.63) is 22.5 Å². The number of aromatic hydroxyl groups is 2. The fraction of sp³-hybridized carbons (Fsp3) is 0.200. The fourth-order valence-corrected chi connectivity index (χ4v) is 1.51. The number of fused-ring (bicyclic) bond motifs is 1. The average molecular weight is 225 g/mol. The summed E-state index contributed by atoms with van der Waals surface area (Å²) in [6, 6.07) is 1.25. The standard InChI is InChI=1S/C10H9ClN2O2/c1-4-5(2)13-9-8(12-4)7(14)3-6(11)10(9)15/h3,14-15H,1-2H3. The van der Waals surface area contributed by atoms with Gasteiger partial charge in [-0.05, 0) is 13.8 Å². The van der Waals surface area contributed by atoms with Crippen molar-refractivity contribution in [3.8, 4) is 11.5 Å². The SMILES string of the molecule is Cc1nc2c(O)cc(Cl)c(O)c2nc1C. The lowest BCUT2D eigenvalue weighted by Crippen LogP contribution is -1.94. The molecule has 0 unspecified atom stereocenters. The van der Waals surface area contributed by atoms with E-state index in [1.807, 2.05) is 0 Å². The second-order valence-corrected chi connectivity index (χ2v) is 3.72. The number of phenols is 2. The molecular weight excluding hydrogens is 216 g/mol. The van der Waals surface area contributed by atoms with Crippen LogP contribution in [-0.4, -0.2) is 20.2 Å². The number of hydrogen-bond acceptors (Lipinski definition) is 4. The molecule has 0 fully saturated rings. The lowest BCUT2D eigenvalue weighted by atomic mass is 10.2. The Bertz CT molecular complexity index is 555. The molecule has 2 N–H and O–H groups in total. The van der Waals surface area contributed by atoms with Crippen LogP contribution in [-0.2, 0) is 0 Å². The van der Waals surface area contributed by atoms with Crippen molar-refractivity contribution in [2.45, 2.75) is 13.8 Å². The highest BCUT2D eigenvalue weighted by Gasteiger charge is 2.13. The summed E-state index contributed by atoms with van der Waals surface area (Å²) >= 11 is 5.71. The van der Waals surface area contributed by atoms with Crippen LogP contribution < -0.4 is 0 Å². The maximum absolute atomic E-state index is 9.65. The number of hydrogen-bond donors (Lipinski definition) is 2. The van der Waals surface area contributed by atoms with Crippen molar-refractivity contribution in [1.82, 2.24) is 9.97 Å². The molecule has 4 nitrogen and oxygen atoms in total. The van der Waals surface area contributed by atoms with Crippen LogP contribution in [0.3, 0.4) is 0 Å². The Balaban J connectivity index is 2.97. The number of phenolic OH excluding ortho intramolecular Hbond substituents is 2. The van der Waals surface area contributed by atoms with Gasteiger partial charge in [0.15, 0.2) is 5.75 Å². The smallest absolute Gasteiger partial charge is 0.162 e. The molecule has 0 aliphatic rings. The molecule has 0 aliphatic carbocycles. The topological polar surface area (TPSA) is 66.2 Å². The van der Waals surface area contributed by atoms with Crippen LogP contribution in [0.15, 0.2) is 6.07 Å². The Hall–Kier alpha value is -1.55. The molecule has 2 rings (SSSR count). The molecule has 0 saturated carbocycles. The van der Waals surface area contributed by atoms with Gasteiger partial charge in [0.25, 0.3) is 0 Å². The number of nitrogens with zero attached hydrogens (tertiary/aromatic N) is 2. The van der Waals surface area contributed by atoms with E-state index in [9.17, 15) is 10.2 Å². The third-order valence-corrected chi connectivity index (χ3v) is 2.55.